The van der Waals surface area contributed by atoms with E-state index in [1.165, 1.54) is 0 Å². The largest absolute Gasteiger partial charge is 0.492 e. The topological polar surface area (TPSA) is 67.8 Å². The van der Waals surface area contributed by atoms with Crippen LogP contribution in [0.2, 0.25) is 0 Å². The molecule has 4 heteroatoms. The number of hydrogen-bond acceptors (Lipinski definition) is 4. The van der Waals surface area contributed by atoms with E-state index in [0.29, 0.717) is 24.4 Å². The molecule has 0 unspecified atom stereocenters. The molecule has 0 radical (unpaired) electrons. The van der Waals surface area contributed by atoms with Crippen molar-refractivity contribution in [1.82, 2.24) is 0 Å². The molecule has 1 aliphatic heterocycles. The fourth-order valence-electron chi connectivity index (χ4n) is 1.40. The number of anilines is 1. The number of oxime groups is 1. The van der Waals surface area contributed by atoms with Crippen LogP contribution in [-0.2, 0) is 0 Å². The van der Waals surface area contributed by atoms with E-state index in [1.54, 1.807) is 18.2 Å². The van der Waals surface area contributed by atoms with E-state index in [2.05, 4.69) is 5.16 Å². The van der Waals surface area contributed by atoms with Crippen molar-refractivity contribution in [3.63, 3.8) is 0 Å². The molecule has 0 bridgehead atoms. The Morgan fingerprint density at radius 3 is 3.08 bits per heavy atom. The van der Waals surface area contributed by atoms with Gasteiger partial charge in [0.15, 0.2) is 0 Å². The van der Waals surface area contributed by atoms with Gasteiger partial charge in [0.05, 0.1) is 12.3 Å². The van der Waals surface area contributed by atoms with Gasteiger partial charge < -0.3 is 15.7 Å². The van der Waals surface area contributed by atoms with Gasteiger partial charge in [-0.2, -0.15) is 0 Å². The van der Waals surface area contributed by atoms with E-state index in [-0.39, 0.29) is 0 Å². The lowest BCUT2D eigenvalue weighted by atomic mass is 10.0. The highest BCUT2D eigenvalue weighted by molar-refractivity contribution is 6.04. The van der Waals surface area contributed by atoms with Crippen LogP contribution in [0.1, 0.15) is 12.0 Å². The van der Waals surface area contributed by atoms with Gasteiger partial charge >= 0.3 is 0 Å². The maximum Gasteiger partial charge on any atom is 0.128 e. The molecule has 1 aromatic carbocycles. The van der Waals surface area contributed by atoms with Crippen LogP contribution in [0.25, 0.3) is 0 Å². The molecule has 13 heavy (non-hydrogen) atoms. The Labute approximate surface area is 75.6 Å². The van der Waals surface area contributed by atoms with Crippen LogP contribution < -0.4 is 10.5 Å². The van der Waals surface area contributed by atoms with Crippen LogP contribution in [0.4, 0.5) is 5.69 Å². The van der Waals surface area contributed by atoms with E-state index in [1.807, 2.05) is 0 Å². The van der Waals surface area contributed by atoms with Gasteiger partial charge in [-0.3, -0.25) is 0 Å². The number of fused-ring (bicyclic) bond motifs is 1. The van der Waals surface area contributed by atoms with Gasteiger partial charge in [0.1, 0.15) is 5.75 Å². The second-order valence-corrected chi connectivity index (χ2v) is 2.90. The number of hydrogen-bond donors (Lipinski definition) is 2. The van der Waals surface area contributed by atoms with Gasteiger partial charge in [-0.1, -0.05) is 5.16 Å². The summed E-state index contributed by atoms with van der Waals surface area (Å²) < 4.78 is 5.36. The lowest BCUT2D eigenvalue weighted by Crippen LogP contribution is -2.16. The highest BCUT2D eigenvalue weighted by Gasteiger charge is 2.16. The molecular formula is C9H10N2O2. The molecular weight excluding hydrogens is 168 g/mol. The average Bonchev–Trinajstić information content (AvgIpc) is 2.17. The van der Waals surface area contributed by atoms with Crippen LogP contribution in [0.15, 0.2) is 23.4 Å². The van der Waals surface area contributed by atoms with Crippen LogP contribution >= 0.6 is 0 Å². The Morgan fingerprint density at radius 2 is 2.31 bits per heavy atom. The molecule has 0 aliphatic carbocycles. The summed E-state index contributed by atoms with van der Waals surface area (Å²) in [5.74, 6) is 0.730. The molecule has 1 heterocycles. The van der Waals surface area contributed by atoms with Crippen molar-refractivity contribution in [3.05, 3.63) is 23.8 Å². The van der Waals surface area contributed by atoms with E-state index in [0.717, 1.165) is 11.3 Å². The van der Waals surface area contributed by atoms with Gasteiger partial charge in [0.25, 0.3) is 0 Å². The zero-order valence-electron chi connectivity index (χ0n) is 7.03. The molecule has 2 rings (SSSR count). The molecule has 1 aliphatic rings. The van der Waals surface area contributed by atoms with Gasteiger partial charge in [-0.05, 0) is 18.2 Å². The number of benzene rings is 1. The molecule has 0 spiro atoms. The standard InChI is InChI=1S/C9H10N2O2/c10-6-1-2-9-7(5-6)8(11-12)3-4-13-9/h1-2,5,12H,3-4,10H2/b11-8-. The minimum Gasteiger partial charge on any atom is -0.492 e. The Kier molecular flexibility index (Phi) is 1.81. The third-order valence-electron chi connectivity index (χ3n) is 2.03. The normalized spacial score (nSPS) is 18.0. The Hall–Kier alpha value is -1.71. The quantitative estimate of drug-likeness (QED) is 0.356. The average molecular weight is 178 g/mol. The summed E-state index contributed by atoms with van der Waals surface area (Å²) in [6.45, 7) is 0.552. The lowest BCUT2D eigenvalue weighted by molar-refractivity contribution is 0.298. The summed E-state index contributed by atoms with van der Waals surface area (Å²) in [5, 5.41) is 11.9. The van der Waals surface area contributed by atoms with Gasteiger partial charge in [-0.25, -0.2) is 0 Å². The van der Waals surface area contributed by atoms with Crippen molar-refractivity contribution < 1.29 is 9.94 Å². The van der Waals surface area contributed by atoms with Crippen LogP contribution in [0, 0.1) is 0 Å². The van der Waals surface area contributed by atoms with Crippen molar-refractivity contribution in [2.45, 2.75) is 6.42 Å². The monoisotopic (exact) mass is 178 g/mol. The van der Waals surface area contributed by atoms with Crippen molar-refractivity contribution in [3.8, 4) is 5.75 Å². The molecule has 68 valence electrons. The molecule has 4 nitrogen and oxygen atoms in total. The summed E-state index contributed by atoms with van der Waals surface area (Å²) >= 11 is 0. The minimum atomic E-state index is 0.552. The minimum absolute atomic E-state index is 0.552. The predicted octanol–water partition coefficient (Wildman–Crippen LogP) is 1.23. The van der Waals surface area contributed by atoms with E-state index >= 15 is 0 Å². The lowest BCUT2D eigenvalue weighted by Gasteiger charge is -2.17. The smallest absolute Gasteiger partial charge is 0.128 e. The molecule has 0 aromatic heterocycles. The Morgan fingerprint density at radius 1 is 1.46 bits per heavy atom. The fourth-order valence-corrected chi connectivity index (χ4v) is 1.40. The van der Waals surface area contributed by atoms with E-state index < -0.39 is 0 Å². The number of nitrogens with zero attached hydrogens (tertiary/aromatic N) is 1. The highest BCUT2D eigenvalue weighted by atomic mass is 16.5. The number of nitrogen functional groups attached to an aromatic ring is 1. The van der Waals surface area contributed by atoms with E-state index in [4.69, 9.17) is 15.7 Å². The molecule has 3 N–H and O–H groups in total. The summed E-state index contributed by atoms with van der Waals surface area (Å²) in [5.41, 5.74) is 7.67. The SMILES string of the molecule is Nc1ccc2c(c1)/C(=N\O)CCO2. The second kappa shape index (κ2) is 2.97. The first kappa shape index (κ1) is 7.91. The Bertz CT molecular complexity index is 361. The van der Waals surface area contributed by atoms with Gasteiger partial charge in [-0.15, -0.1) is 0 Å². The van der Waals surface area contributed by atoms with Crippen LogP contribution in [-0.4, -0.2) is 17.5 Å². The van der Waals surface area contributed by atoms with Gasteiger partial charge in [0.2, 0.25) is 0 Å². The molecule has 0 saturated carbocycles. The van der Waals surface area contributed by atoms with Gasteiger partial charge in [0, 0.05) is 17.7 Å². The maximum absolute atomic E-state index is 8.72. The highest BCUT2D eigenvalue weighted by Crippen LogP contribution is 2.26. The van der Waals surface area contributed by atoms with E-state index in [9.17, 15) is 0 Å². The molecule has 0 atom stereocenters. The number of ether oxygens (including phenoxy) is 1. The zero-order valence-corrected chi connectivity index (χ0v) is 7.03. The molecule has 0 saturated heterocycles. The summed E-state index contributed by atoms with van der Waals surface area (Å²) in [6.07, 6.45) is 0.618. The maximum atomic E-state index is 8.72. The fraction of sp³-hybridized carbons (Fsp3) is 0.222. The van der Waals surface area contributed by atoms with Crippen molar-refractivity contribution >= 4 is 11.4 Å². The molecule has 0 amide bonds. The molecule has 1 aromatic rings. The molecule has 0 fully saturated rings. The Balaban J connectivity index is 2.54. The van der Waals surface area contributed by atoms with Crippen molar-refractivity contribution in [2.75, 3.05) is 12.3 Å². The number of rotatable bonds is 0. The first-order chi connectivity index (χ1) is 6.31. The van der Waals surface area contributed by atoms with Crippen molar-refractivity contribution in [1.29, 1.82) is 0 Å². The van der Waals surface area contributed by atoms with Crippen molar-refractivity contribution in [2.24, 2.45) is 5.16 Å². The first-order valence-corrected chi connectivity index (χ1v) is 4.05. The van der Waals surface area contributed by atoms with Crippen LogP contribution in [0.3, 0.4) is 0 Å². The third kappa shape index (κ3) is 1.30. The van der Waals surface area contributed by atoms with Crippen LogP contribution in [0.5, 0.6) is 5.75 Å². The second-order valence-electron chi connectivity index (χ2n) is 2.90. The summed E-state index contributed by atoms with van der Waals surface area (Å²) in [4.78, 5) is 0. The zero-order chi connectivity index (χ0) is 9.26. The third-order valence-corrected chi connectivity index (χ3v) is 2.03. The summed E-state index contributed by atoms with van der Waals surface area (Å²) in [6, 6.07) is 5.30. The first-order valence-electron chi connectivity index (χ1n) is 4.05. The predicted molar refractivity (Wildman–Crippen MR) is 49.3 cm³/mol. The number of nitrogens with two attached hydrogens (primary N) is 1. The summed E-state index contributed by atoms with van der Waals surface area (Å²) in [7, 11) is 0.